The zero-order valence-electron chi connectivity index (χ0n) is 14.1. The van der Waals surface area contributed by atoms with Gasteiger partial charge in [-0.1, -0.05) is 37.0 Å². The molecule has 0 saturated carbocycles. The molecule has 0 unspecified atom stereocenters. The predicted molar refractivity (Wildman–Crippen MR) is 102 cm³/mol. The first-order valence-electron chi connectivity index (χ1n) is 7.60. The van der Waals surface area contributed by atoms with Crippen LogP contribution in [0, 0.1) is 0 Å². The fourth-order valence-electron chi connectivity index (χ4n) is 2.29. The second kappa shape index (κ2) is 8.22. The predicted octanol–water partition coefficient (Wildman–Crippen LogP) is 6.25. The van der Waals surface area contributed by atoms with Crippen LogP contribution < -0.4 is 9.47 Å². The molecular weight excluding hydrogens is 345 g/mol. The highest BCUT2D eigenvalue weighted by atomic mass is 35.5. The van der Waals surface area contributed by atoms with Gasteiger partial charge in [0.05, 0.1) is 24.9 Å². The van der Waals surface area contributed by atoms with Crippen LogP contribution in [0.15, 0.2) is 42.5 Å². The number of methoxy groups -OCH3 is 2. The van der Waals surface area contributed by atoms with E-state index in [1.54, 1.807) is 14.2 Å². The third-order valence-electron chi connectivity index (χ3n) is 3.44. The van der Waals surface area contributed by atoms with E-state index in [9.17, 15) is 0 Å². The van der Waals surface area contributed by atoms with Gasteiger partial charge in [-0.3, -0.25) is 0 Å². The van der Waals surface area contributed by atoms with Crippen LogP contribution in [-0.2, 0) is 0 Å². The molecule has 5 heteroatoms. The number of ether oxygens (including phenoxy) is 2. The normalized spacial score (nSPS) is 10.1. The first-order chi connectivity index (χ1) is 11.6. The molecule has 0 amide bonds. The van der Waals surface area contributed by atoms with Crippen molar-refractivity contribution >= 4 is 34.0 Å². The number of hydrogen-bond acceptors (Lipinski definition) is 3. The summed E-state index contributed by atoms with van der Waals surface area (Å²) < 4.78 is 10.4. The summed E-state index contributed by atoms with van der Waals surface area (Å²) in [5.41, 5.74) is 1.62. The first kappa shape index (κ1) is 18.4. The van der Waals surface area contributed by atoms with Crippen molar-refractivity contribution in [2.24, 2.45) is 0 Å². The van der Waals surface area contributed by atoms with Crippen LogP contribution in [-0.4, -0.2) is 19.2 Å². The molecule has 0 bridgehead atoms. The second-order valence-electron chi connectivity index (χ2n) is 4.73. The average Bonchev–Trinajstić information content (AvgIpc) is 2.62. The van der Waals surface area contributed by atoms with Gasteiger partial charge in [0, 0.05) is 10.9 Å². The third kappa shape index (κ3) is 3.74. The van der Waals surface area contributed by atoms with Gasteiger partial charge < -0.3 is 9.47 Å². The maximum absolute atomic E-state index is 6.30. The summed E-state index contributed by atoms with van der Waals surface area (Å²) in [5.74, 6) is 1.40. The largest absolute Gasteiger partial charge is 0.497 e. The van der Waals surface area contributed by atoms with Gasteiger partial charge in [-0.2, -0.15) is 0 Å². The van der Waals surface area contributed by atoms with E-state index in [0.29, 0.717) is 15.9 Å². The summed E-state index contributed by atoms with van der Waals surface area (Å²) in [6.07, 6.45) is 0. The molecule has 0 aliphatic heterocycles. The molecule has 0 aliphatic carbocycles. The Hall–Kier alpha value is -1.97. The molecule has 24 heavy (non-hydrogen) atoms. The Labute approximate surface area is 152 Å². The topological polar surface area (TPSA) is 31.4 Å². The van der Waals surface area contributed by atoms with Gasteiger partial charge in [-0.25, -0.2) is 4.98 Å². The highest BCUT2D eigenvalue weighted by Gasteiger charge is 2.09. The van der Waals surface area contributed by atoms with E-state index in [2.05, 4.69) is 4.98 Å². The van der Waals surface area contributed by atoms with E-state index in [4.69, 9.17) is 32.7 Å². The average molecular weight is 364 g/mol. The van der Waals surface area contributed by atoms with Crippen molar-refractivity contribution in [3.8, 4) is 22.8 Å². The minimum absolute atomic E-state index is 0.446. The Morgan fingerprint density at radius 3 is 2.25 bits per heavy atom. The van der Waals surface area contributed by atoms with Crippen molar-refractivity contribution in [1.82, 2.24) is 4.98 Å². The van der Waals surface area contributed by atoms with Crippen molar-refractivity contribution in [3.05, 3.63) is 52.6 Å². The highest BCUT2D eigenvalue weighted by molar-refractivity contribution is 6.34. The van der Waals surface area contributed by atoms with Crippen LogP contribution >= 0.6 is 23.2 Å². The Morgan fingerprint density at radius 2 is 1.62 bits per heavy atom. The van der Waals surface area contributed by atoms with Crippen molar-refractivity contribution in [1.29, 1.82) is 0 Å². The Kier molecular flexibility index (Phi) is 6.29. The van der Waals surface area contributed by atoms with E-state index in [1.807, 2.05) is 56.3 Å². The van der Waals surface area contributed by atoms with Gasteiger partial charge in [0.1, 0.15) is 16.7 Å². The molecule has 0 radical (unpaired) electrons. The van der Waals surface area contributed by atoms with E-state index in [-0.39, 0.29) is 0 Å². The highest BCUT2D eigenvalue weighted by Crippen LogP contribution is 2.33. The van der Waals surface area contributed by atoms with Crippen molar-refractivity contribution in [2.75, 3.05) is 14.2 Å². The third-order valence-corrected chi connectivity index (χ3v) is 4.02. The van der Waals surface area contributed by atoms with E-state index >= 15 is 0 Å². The number of nitrogens with zero attached hydrogens (tertiary/aromatic N) is 1. The summed E-state index contributed by atoms with van der Waals surface area (Å²) in [6, 6.07) is 13.2. The molecule has 1 aromatic heterocycles. The molecule has 0 saturated heterocycles. The Balaban J connectivity index is 0.00000100. The molecule has 3 rings (SSSR count). The van der Waals surface area contributed by atoms with E-state index in [0.717, 1.165) is 27.8 Å². The van der Waals surface area contributed by atoms with Gasteiger partial charge in [0.25, 0.3) is 0 Å². The molecule has 0 fully saturated rings. The minimum Gasteiger partial charge on any atom is -0.497 e. The van der Waals surface area contributed by atoms with Gasteiger partial charge in [0.15, 0.2) is 0 Å². The fourth-order valence-corrected chi connectivity index (χ4v) is 2.82. The number of fused-ring (bicyclic) bond motifs is 1. The van der Waals surface area contributed by atoms with Gasteiger partial charge in [0.2, 0.25) is 0 Å². The van der Waals surface area contributed by atoms with E-state index < -0.39 is 0 Å². The van der Waals surface area contributed by atoms with Crippen molar-refractivity contribution in [2.45, 2.75) is 13.8 Å². The van der Waals surface area contributed by atoms with Crippen molar-refractivity contribution in [3.63, 3.8) is 0 Å². The lowest BCUT2D eigenvalue weighted by atomic mass is 10.1. The molecule has 1 heterocycles. The van der Waals surface area contributed by atoms with Crippen LogP contribution in [0.1, 0.15) is 13.8 Å². The summed E-state index contributed by atoms with van der Waals surface area (Å²) in [7, 11) is 3.21. The zero-order valence-corrected chi connectivity index (χ0v) is 15.6. The first-order valence-corrected chi connectivity index (χ1v) is 8.36. The molecule has 126 valence electrons. The number of hydrogen-bond donors (Lipinski definition) is 0. The quantitative estimate of drug-likeness (QED) is 0.515. The smallest absolute Gasteiger partial charge is 0.137 e. The molecule has 2 aromatic carbocycles. The molecule has 3 nitrogen and oxygen atoms in total. The molecule has 0 aliphatic rings. The zero-order chi connectivity index (χ0) is 17.7. The molecular formula is C19H19Cl2NO2. The van der Waals surface area contributed by atoms with Crippen LogP contribution in [0.4, 0.5) is 0 Å². The number of halogens is 2. The Bertz CT molecular complexity index is 850. The summed E-state index contributed by atoms with van der Waals surface area (Å²) in [5, 5.41) is 2.82. The lowest BCUT2D eigenvalue weighted by Crippen LogP contribution is -1.90. The fraction of sp³-hybridized carbons (Fsp3) is 0.211. The van der Waals surface area contributed by atoms with Gasteiger partial charge in [-0.05, 0) is 47.9 Å². The molecule has 3 aromatic rings. The van der Waals surface area contributed by atoms with E-state index in [1.165, 1.54) is 0 Å². The molecule has 0 atom stereocenters. The van der Waals surface area contributed by atoms with Crippen LogP contribution in [0.25, 0.3) is 22.0 Å². The van der Waals surface area contributed by atoms with Crippen LogP contribution in [0.5, 0.6) is 11.5 Å². The monoisotopic (exact) mass is 363 g/mol. The molecule has 0 spiro atoms. The SMILES string of the molecule is CC.COc1ccc2c(Cl)nc(-c3ccc(OC)c(Cl)c3)cc2c1. The van der Waals surface area contributed by atoms with Crippen LogP contribution in [0.3, 0.4) is 0 Å². The van der Waals surface area contributed by atoms with Gasteiger partial charge in [-0.15, -0.1) is 0 Å². The molecule has 0 N–H and O–H groups in total. The number of pyridine rings is 1. The lowest BCUT2D eigenvalue weighted by molar-refractivity contribution is 0.415. The lowest BCUT2D eigenvalue weighted by Gasteiger charge is -2.09. The van der Waals surface area contributed by atoms with Crippen molar-refractivity contribution < 1.29 is 9.47 Å². The summed E-state index contributed by atoms with van der Waals surface area (Å²) in [6.45, 7) is 4.00. The minimum atomic E-state index is 0.446. The van der Waals surface area contributed by atoms with Crippen LogP contribution in [0.2, 0.25) is 10.2 Å². The standard InChI is InChI=1S/C17H13Cl2NO2.C2H6/c1-21-12-4-5-13-11(7-12)9-15(20-17(13)19)10-3-6-16(22-2)14(18)8-10;1-2/h3-9H,1-2H3;1-2H3. The maximum Gasteiger partial charge on any atom is 0.137 e. The number of aromatic nitrogens is 1. The summed E-state index contributed by atoms with van der Waals surface area (Å²) >= 11 is 12.5. The summed E-state index contributed by atoms with van der Waals surface area (Å²) in [4.78, 5) is 4.45. The van der Waals surface area contributed by atoms with Gasteiger partial charge >= 0.3 is 0 Å². The Morgan fingerprint density at radius 1 is 0.875 bits per heavy atom. The maximum atomic E-state index is 6.30. The number of benzene rings is 2. The number of rotatable bonds is 3. The second-order valence-corrected chi connectivity index (χ2v) is 5.50.